The molecule has 0 atom stereocenters. The van der Waals surface area contributed by atoms with Crippen LogP contribution < -0.4 is 4.90 Å². The van der Waals surface area contributed by atoms with Gasteiger partial charge in [-0.1, -0.05) is 53.5 Å². The van der Waals surface area contributed by atoms with Gasteiger partial charge >= 0.3 is 5.97 Å². The van der Waals surface area contributed by atoms with E-state index in [1.54, 1.807) is 31.2 Å². The van der Waals surface area contributed by atoms with Gasteiger partial charge in [0.15, 0.2) is 0 Å². The van der Waals surface area contributed by atoms with Crippen LogP contribution in [0.3, 0.4) is 0 Å². The number of para-hydroxylation sites is 2. The summed E-state index contributed by atoms with van der Waals surface area (Å²) in [5, 5.41) is 1.07. The van der Waals surface area contributed by atoms with Crippen LogP contribution in [0.5, 0.6) is 0 Å². The van der Waals surface area contributed by atoms with E-state index in [0.717, 1.165) is 11.3 Å². The molecule has 0 unspecified atom stereocenters. The van der Waals surface area contributed by atoms with Gasteiger partial charge in [0.25, 0.3) is 0 Å². The summed E-state index contributed by atoms with van der Waals surface area (Å²) in [6.45, 7) is 6.46. The quantitative estimate of drug-likeness (QED) is 0.485. The number of carbonyl (C=O) groups excluding carboxylic acids is 1. The molecule has 0 saturated heterocycles. The fourth-order valence-electron chi connectivity index (χ4n) is 2.48. The van der Waals surface area contributed by atoms with Crippen molar-refractivity contribution in [3.05, 3.63) is 70.7 Å². The third-order valence-electron chi connectivity index (χ3n) is 3.44. The van der Waals surface area contributed by atoms with Crippen LogP contribution in [0, 0.1) is 0 Å². The van der Waals surface area contributed by atoms with E-state index in [-0.39, 0.29) is 12.4 Å². The highest BCUT2D eigenvalue weighted by Gasteiger charge is 2.19. The lowest BCUT2D eigenvalue weighted by molar-refractivity contribution is -0.142. The molecule has 2 aromatic carbocycles. The highest BCUT2D eigenvalue weighted by molar-refractivity contribution is 6.39. The highest BCUT2D eigenvalue weighted by atomic mass is 35.5. The monoisotopic (exact) mass is 363 g/mol. The van der Waals surface area contributed by atoms with Crippen LogP contribution in [0.15, 0.2) is 55.1 Å². The van der Waals surface area contributed by atoms with Crippen molar-refractivity contribution in [2.24, 2.45) is 0 Å². The summed E-state index contributed by atoms with van der Waals surface area (Å²) >= 11 is 12.7. The Kier molecular flexibility index (Phi) is 6.71. The molecule has 0 fully saturated rings. The molecule has 0 aromatic heterocycles. The zero-order valence-electron chi connectivity index (χ0n) is 13.5. The van der Waals surface area contributed by atoms with Crippen LogP contribution in [-0.2, 0) is 16.0 Å². The molecule has 5 heteroatoms. The van der Waals surface area contributed by atoms with E-state index in [1.807, 2.05) is 29.2 Å². The molecule has 0 aliphatic rings. The van der Waals surface area contributed by atoms with E-state index in [2.05, 4.69) is 6.58 Å². The summed E-state index contributed by atoms with van der Waals surface area (Å²) in [5.41, 5.74) is 2.38. The second-order valence-corrected chi connectivity index (χ2v) is 5.89. The SMILES string of the molecule is C=CCN(c1ccccc1CC(=O)OCC)c1c(Cl)cccc1Cl. The Balaban J connectivity index is 2.49. The Hall–Kier alpha value is -1.97. The zero-order chi connectivity index (χ0) is 17.5. The van der Waals surface area contributed by atoms with Gasteiger partial charge in [0.05, 0.1) is 28.8 Å². The van der Waals surface area contributed by atoms with Gasteiger partial charge in [-0.15, -0.1) is 6.58 Å². The number of ether oxygens (including phenoxy) is 1. The van der Waals surface area contributed by atoms with Crippen molar-refractivity contribution in [3.8, 4) is 0 Å². The number of hydrogen-bond donors (Lipinski definition) is 0. The fraction of sp³-hybridized carbons (Fsp3) is 0.211. The van der Waals surface area contributed by atoms with Gasteiger partial charge in [-0.2, -0.15) is 0 Å². The Morgan fingerprint density at radius 1 is 1.17 bits per heavy atom. The van der Waals surface area contributed by atoms with E-state index in [4.69, 9.17) is 27.9 Å². The first-order valence-electron chi connectivity index (χ1n) is 7.64. The van der Waals surface area contributed by atoms with Crippen molar-refractivity contribution in [1.82, 2.24) is 0 Å². The molecule has 0 radical (unpaired) electrons. The van der Waals surface area contributed by atoms with E-state index in [9.17, 15) is 4.79 Å². The summed E-state index contributed by atoms with van der Waals surface area (Å²) in [7, 11) is 0. The predicted molar refractivity (Wildman–Crippen MR) is 100 cm³/mol. The van der Waals surface area contributed by atoms with Gasteiger partial charge in [0.2, 0.25) is 0 Å². The summed E-state index contributed by atoms with van der Waals surface area (Å²) in [6.07, 6.45) is 1.94. The van der Waals surface area contributed by atoms with Crippen LogP contribution in [0.2, 0.25) is 10.0 Å². The Bertz CT molecular complexity index is 711. The molecule has 24 heavy (non-hydrogen) atoms. The molecule has 2 aromatic rings. The third kappa shape index (κ3) is 4.31. The number of rotatable bonds is 7. The van der Waals surface area contributed by atoms with Crippen molar-refractivity contribution in [1.29, 1.82) is 0 Å². The lowest BCUT2D eigenvalue weighted by Crippen LogP contribution is -2.20. The van der Waals surface area contributed by atoms with Crippen molar-refractivity contribution < 1.29 is 9.53 Å². The highest BCUT2D eigenvalue weighted by Crippen LogP contribution is 2.39. The van der Waals surface area contributed by atoms with Crippen LogP contribution in [-0.4, -0.2) is 19.1 Å². The van der Waals surface area contributed by atoms with Crippen molar-refractivity contribution >= 4 is 40.5 Å². The maximum absolute atomic E-state index is 11.9. The van der Waals surface area contributed by atoms with Crippen LogP contribution in [0.25, 0.3) is 0 Å². The molecule has 0 bridgehead atoms. The average molecular weight is 364 g/mol. The van der Waals surface area contributed by atoms with E-state index in [0.29, 0.717) is 28.9 Å². The fourth-order valence-corrected chi connectivity index (χ4v) is 3.08. The van der Waals surface area contributed by atoms with Crippen molar-refractivity contribution in [2.45, 2.75) is 13.3 Å². The molecular weight excluding hydrogens is 345 g/mol. The summed E-state index contributed by atoms with van der Waals surface area (Å²) in [4.78, 5) is 13.9. The minimum Gasteiger partial charge on any atom is -0.466 e. The smallest absolute Gasteiger partial charge is 0.310 e. The average Bonchev–Trinajstić information content (AvgIpc) is 2.54. The summed E-state index contributed by atoms with van der Waals surface area (Å²) < 4.78 is 5.06. The molecule has 0 spiro atoms. The lowest BCUT2D eigenvalue weighted by atomic mass is 10.1. The van der Waals surface area contributed by atoms with Gasteiger partial charge < -0.3 is 9.64 Å². The van der Waals surface area contributed by atoms with E-state index < -0.39 is 0 Å². The molecule has 0 saturated carbocycles. The number of hydrogen-bond acceptors (Lipinski definition) is 3. The van der Waals surface area contributed by atoms with Crippen molar-refractivity contribution in [2.75, 3.05) is 18.1 Å². The van der Waals surface area contributed by atoms with Crippen LogP contribution in [0.1, 0.15) is 12.5 Å². The second kappa shape index (κ2) is 8.76. The Labute approximate surface area is 152 Å². The first kappa shape index (κ1) is 18.4. The second-order valence-electron chi connectivity index (χ2n) is 5.08. The maximum atomic E-state index is 11.9. The Morgan fingerprint density at radius 2 is 1.83 bits per heavy atom. The van der Waals surface area contributed by atoms with Crippen LogP contribution in [0.4, 0.5) is 11.4 Å². The third-order valence-corrected chi connectivity index (χ3v) is 4.05. The molecule has 2 rings (SSSR count). The minimum atomic E-state index is -0.270. The number of halogens is 2. The summed E-state index contributed by atoms with van der Waals surface area (Å²) in [5.74, 6) is -0.270. The first-order valence-corrected chi connectivity index (χ1v) is 8.40. The molecular formula is C19H19Cl2NO2. The largest absolute Gasteiger partial charge is 0.466 e. The topological polar surface area (TPSA) is 29.5 Å². The van der Waals surface area contributed by atoms with Gasteiger partial charge in [-0.25, -0.2) is 0 Å². The molecule has 126 valence electrons. The van der Waals surface area contributed by atoms with Gasteiger partial charge in [-0.3, -0.25) is 4.79 Å². The number of nitrogens with zero attached hydrogens (tertiary/aromatic N) is 1. The lowest BCUT2D eigenvalue weighted by Gasteiger charge is -2.27. The van der Waals surface area contributed by atoms with Crippen molar-refractivity contribution in [3.63, 3.8) is 0 Å². The predicted octanol–water partition coefficient (Wildman–Crippen LogP) is 5.42. The molecule has 0 amide bonds. The molecule has 0 heterocycles. The summed E-state index contributed by atoms with van der Waals surface area (Å²) in [6, 6.07) is 13.0. The van der Waals surface area contributed by atoms with E-state index >= 15 is 0 Å². The molecule has 0 N–H and O–H groups in total. The number of anilines is 2. The Morgan fingerprint density at radius 3 is 2.46 bits per heavy atom. The van der Waals surface area contributed by atoms with Gasteiger partial charge in [-0.05, 0) is 30.7 Å². The zero-order valence-corrected chi connectivity index (χ0v) is 15.0. The maximum Gasteiger partial charge on any atom is 0.310 e. The number of carbonyl (C=O) groups is 1. The van der Waals surface area contributed by atoms with Crippen LogP contribution >= 0.6 is 23.2 Å². The molecule has 3 nitrogen and oxygen atoms in total. The van der Waals surface area contributed by atoms with E-state index in [1.165, 1.54) is 0 Å². The minimum absolute atomic E-state index is 0.180. The molecule has 0 aliphatic carbocycles. The standard InChI is InChI=1S/C19H19Cl2NO2/c1-3-12-22(19-15(20)9-7-10-16(19)21)17-11-6-5-8-14(17)13-18(23)24-4-2/h3,5-11H,1,4,12-13H2,2H3. The number of benzene rings is 2. The normalized spacial score (nSPS) is 10.3. The first-order chi connectivity index (χ1) is 11.6. The molecule has 0 aliphatic heterocycles. The van der Waals surface area contributed by atoms with Gasteiger partial charge in [0, 0.05) is 12.2 Å². The number of esters is 1. The van der Waals surface area contributed by atoms with Gasteiger partial charge in [0.1, 0.15) is 0 Å².